The molecule has 0 aliphatic carbocycles. The first-order chi connectivity index (χ1) is 9.29. The van der Waals surface area contributed by atoms with Gasteiger partial charge in [0.1, 0.15) is 0 Å². The number of hydrogen-bond acceptors (Lipinski definition) is 4. The third kappa shape index (κ3) is 4.75. The summed E-state index contributed by atoms with van der Waals surface area (Å²) in [6.45, 7) is 5.03. The molecule has 2 rings (SSSR count). The van der Waals surface area contributed by atoms with E-state index in [4.69, 9.17) is 4.74 Å². The number of rotatable bonds is 6. The van der Waals surface area contributed by atoms with Crippen LogP contribution in [0.4, 0.5) is 0 Å². The Morgan fingerprint density at radius 1 is 1.37 bits per heavy atom. The summed E-state index contributed by atoms with van der Waals surface area (Å²) in [4.78, 5) is 14.0. The van der Waals surface area contributed by atoms with E-state index in [0.717, 1.165) is 25.0 Å². The second-order valence-corrected chi connectivity index (χ2v) is 5.66. The molecular formula is C14H27N3O2. The summed E-state index contributed by atoms with van der Waals surface area (Å²) >= 11 is 0. The molecule has 0 aromatic carbocycles. The standard InChI is InChI=1S/C14H27N3O2/c1-19-10-7-16-14(18)11-17-8-4-12(5-9-17)13-3-2-6-15-13/h12-13,15H,2-11H2,1H3,(H,16,18). The lowest BCUT2D eigenvalue weighted by molar-refractivity contribution is -0.122. The minimum Gasteiger partial charge on any atom is -0.383 e. The Hall–Kier alpha value is -0.650. The van der Waals surface area contributed by atoms with Crippen LogP contribution in [-0.4, -0.2) is 63.3 Å². The number of piperidine rings is 1. The van der Waals surface area contributed by atoms with Crippen LogP contribution in [0.1, 0.15) is 25.7 Å². The Morgan fingerprint density at radius 3 is 2.79 bits per heavy atom. The van der Waals surface area contributed by atoms with Gasteiger partial charge >= 0.3 is 0 Å². The van der Waals surface area contributed by atoms with E-state index >= 15 is 0 Å². The maximum atomic E-state index is 11.7. The van der Waals surface area contributed by atoms with Gasteiger partial charge in [0.2, 0.25) is 5.91 Å². The van der Waals surface area contributed by atoms with E-state index in [1.807, 2.05) is 0 Å². The lowest BCUT2D eigenvalue weighted by Crippen LogP contribution is -2.45. The first-order valence-electron chi connectivity index (χ1n) is 7.51. The number of likely N-dealkylation sites (tertiary alicyclic amines) is 1. The van der Waals surface area contributed by atoms with Gasteiger partial charge in [-0.3, -0.25) is 9.69 Å². The minimum atomic E-state index is 0.120. The Labute approximate surface area is 116 Å². The van der Waals surface area contributed by atoms with E-state index < -0.39 is 0 Å². The Balaban J connectivity index is 1.61. The van der Waals surface area contributed by atoms with Crippen molar-refractivity contribution >= 4 is 5.91 Å². The van der Waals surface area contributed by atoms with Crippen molar-refractivity contribution in [1.29, 1.82) is 0 Å². The third-order valence-corrected chi connectivity index (χ3v) is 4.30. The largest absolute Gasteiger partial charge is 0.383 e. The van der Waals surface area contributed by atoms with Crippen molar-refractivity contribution in [2.45, 2.75) is 31.7 Å². The highest BCUT2D eigenvalue weighted by Gasteiger charge is 2.28. The highest BCUT2D eigenvalue weighted by molar-refractivity contribution is 5.77. The van der Waals surface area contributed by atoms with E-state index in [1.165, 1.54) is 32.2 Å². The normalized spacial score (nSPS) is 25.6. The van der Waals surface area contributed by atoms with Gasteiger partial charge in [0, 0.05) is 19.7 Å². The fourth-order valence-electron chi connectivity index (χ4n) is 3.18. The maximum absolute atomic E-state index is 11.7. The van der Waals surface area contributed by atoms with Crippen molar-refractivity contribution in [2.75, 3.05) is 46.4 Å². The van der Waals surface area contributed by atoms with Crippen molar-refractivity contribution in [3.63, 3.8) is 0 Å². The molecule has 2 saturated heterocycles. The summed E-state index contributed by atoms with van der Waals surface area (Å²) in [7, 11) is 1.65. The number of hydrogen-bond donors (Lipinski definition) is 2. The van der Waals surface area contributed by atoms with E-state index in [-0.39, 0.29) is 5.91 Å². The van der Waals surface area contributed by atoms with Crippen LogP contribution in [0.2, 0.25) is 0 Å². The van der Waals surface area contributed by atoms with Crippen LogP contribution in [0.25, 0.3) is 0 Å². The summed E-state index contributed by atoms with van der Waals surface area (Å²) in [6, 6.07) is 0.734. The minimum absolute atomic E-state index is 0.120. The van der Waals surface area contributed by atoms with E-state index in [0.29, 0.717) is 19.7 Å². The van der Waals surface area contributed by atoms with Gasteiger partial charge in [-0.2, -0.15) is 0 Å². The third-order valence-electron chi connectivity index (χ3n) is 4.30. The fourth-order valence-corrected chi connectivity index (χ4v) is 3.18. The van der Waals surface area contributed by atoms with E-state index in [2.05, 4.69) is 15.5 Å². The highest BCUT2D eigenvalue weighted by atomic mass is 16.5. The molecule has 2 heterocycles. The predicted molar refractivity (Wildman–Crippen MR) is 75.1 cm³/mol. The molecule has 1 amide bonds. The SMILES string of the molecule is COCCNC(=O)CN1CCC(C2CCCN2)CC1. The summed E-state index contributed by atoms with van der Waals surface area (Å²) in [5.41, 5.74) is 0. The lowest BCUT2D eigenvalue weighted by atomic mass is 9.88. The van der Waals surface area contributed by atoms with E-state index in [1.54, 1.807) is 7.11 Å². The molecule has 2 aliphatic rings. The number of carbonyl (C=O) groups excluding carboxylic acids is 1. The molecule has 2 fully saturated rings. The monoisotopic (exact) mass is 269 g/mol. The first-order valence-corrected chi connectivity index (χ1v) is 7.51. The average molecular weight is 269 g/mol. The maximum Gasteiger partial charge on any atom is 0.234 e. The summed E-state index contributed by atoms with van der Waals surface area (Å²) in [5.74, 6) is 0.935. The Morgan fingerprint density at radius 2 is 2.16 bits per heavy atom. The van der Waals surface area contributed by atoms with Gasteiger partial charge in [0.25, 0.3) is 0 Å². The van der Waals surface area contributed by atoms with Crippen LogP contribution in [0, 0.1) is 5.92 Å². The molecule has 0 aromatic rings. The van der Waals surface area contributed by atoms with Gasteiger partial charge in [-0.05, 0) is 51.2 Å². The second-order valence-electron chi connectivity index (χ2n) is 5.66. The molecule has 19 heavy (non-hydrogen) atoms. The summed E-state index contributed by atoms with van der Waals surface area (Å²) in [6.07, 6.45) is 5.11. The quantitative estimate of drug-likeness (QED) is 0.677. The molecule has 110 valence electrons. The molecule has 2 N–H and O–H groups in total. The molecule has 0 spiro atoms. The van der Waals surface area contributed by atoms with Gasteiger partial charge in [0.15, 0.2) is 0 Å². The molecule has 1 unspecified atom stereocenters. The fraction of sp³-hybridized carbons (Fsp3) is 0.929. The van der Waals surface area contributed by atoms with Gasteiger partial charge in [-0.25, -0.2) is 0 Å². The smallest absolute Gasteiger partial charge is 0.234 e. The molecule has 0 radical (unpaired) electrons. The van der Waals surface area contributed by atoms with Crippen LogP contribution in [-0.2, 0) is 9.53 Å². The Kier molecular flexibility index (Phi) is 6.07. The number of nitrogens with zero attached hydrogens (tertiary/aromatic N) is 1. The van der Waals surface area contributed by atoms with Crippen LogP contribution in [0.5, 0.6) is 0 Å². The van der Waals surface area contributed by atoms with Crippen LogP contribution < -0.4 is 10.6 Å². The van der Waals surface area contributed by atoms with Crippen molar-refractivity contribution in [3.8, 4) is 0 Å². The lowest BCUT2D eigenvalue weighted by Gasteiger charge is -2.34. The molecule has 0 saturated carbocycles. The zero-order valence-corrected chi connectivity index (χ0v) is 12.0. The van der Waals surface area contributed by atoms with Gasteiger partial charge in [0.05, 0.1) is 13.2 Å². The number of carbonyl (C=O) groups is 1. The zero-order chi connectivity index (χ0) is 13.5. The molecule has 0 aromatic heterocycles. The molecule has 2 aliphatic heterocycles. The van der Waals surface area contributed by atoms with Gasteiger partial charge in [-0.15, -0.1) is 0 Å². The second kappa shape index (κ2) is 7.82. The van der Waals surface area contributed by atoms with Crippen molar-refractivity contribution < 1.29 is 9.53 Å². The number of methoxy groups -OCH3 is 1. The van der Waals surface area contributed by atoms with Gasteiger partial charge in [-0.1, -0.05) is 0 Å². The van der Waals surface area contributed by atoms with Gasteiger partial charge < -0.3 is 15.4 Å². The van der Waals surface area contributed by atoms with Crippen LogP contribution >= 0.6 is 0 Å². The average Bonchev–Trinajstić information content (AvgIpc) is 2.94. The topological polar surface area (TPSA) is 53.6 Å². The molecular weight excluding hydrogens is 242 g/mol. The van der Waals surface area contributed by atoms with E-state index in [9.17, 15) is 4.79 Å². The zero-order valence-electron chi connectivity index (χ0n) is 12.0. The number of amides is 1. The van der Waals surface area contributed by atoms with Crippen molar-refractivity contribution in [2.24, 2.45) is 5.92 Å². The predicted octanol–water partition coefficient (Wildman–Crippen LogP) is 0.213. The van der Waals surface area contributed by atoms with Crippen molar-refractivity contribution in [3.05, 3.63) is 0 Å². The Bertz CT molecular complexity index is 272. The number of nitrogens with one attached hydrogen (secondary N) is 2. The summed E-state index contributed by atoms with van der Waals surface area (Å²) in [5, 5.41) is 6.48. The highest BCUT2D eigenvalue weighted by Crippen LogP contribution is 2.25. The molecule has 5 heteroatoms. The number of ether oxygens (including phenoxy) is 1. The molecule has 0 bridgehead atoms. The first kappa shape index (κ1) is 14.8. The van der Waals surface area contributed by atoms with Crippen LogP contribution in [0.15, 0.2) is 0 Å². The molecule has 5 nitrogen and oxygen atoms in total. The van der Waals surface area contributed by atoms with Crippen molar-refractivity contribution in [1.82, 2.24) is 15.5 Å². The molecule has 1 atom stereocenters. The summed E-state index contributed by atoms with van der Waals surface area (Å²) < 4.78 is 4.92. The van der Waals surface area contributed by atoms with Crippen LogP contribution in [0.3, 0.4) is 0 Å².